The van der Waals surface area contributed by atoms with Crippen LogP contribution in [-0.4, -0.2) is 22.5 Å². The van der Waals surface area contributed by atoms with Gasteiger partial charge in [-0.15, -0.1) is 11.3 Å². The van der Waals surface area contributed by atoms with Crippen LogP contribution in [0, 0.1) is 0 Å². The maximum atomic E-state index is 12.6. The van der Waals surface area contributed by atoms with Crippen LogP contribution in [0.25, 0.3) is 0 Å². The molecule has 0 spiro atoms. The van der Waals surface area contributed by atoms with Crippen molar-refractivity contribution < 1.29 is 18.3 Å². The van der Waals surface area contributed by atoms with Crippen LogP contribution in [-0.2, 0) is 0 Å². The van der Waals surface area contributed by atoms with Gasteiger partial charge in [0.25, 0.3) is 5.91 Å². The molecule has 0 saturated carbocycles. The topological polar surface area (TPSA) is 128 Å². The SMILES string of the molecule is NC(=O)c1sccc1Nc1nc(Nc2ccc(N)cc2OC(F)F)ncc1Cl. The maximum Gasteiger partial charge on any atom is 0.387 e. The van der Waals surface area contributed by atoms with Gasteiger partial charge < -0.3 is 26.8 Å². The lowest BCUT2D eigenvalue weighted by Gasteiger charge is -2.13. The fourth-order valence-corrected chi connectivity index (χ4v) is 3.04. The number of alkyl halides is 2. The van der Waals surface area contributed by atoms with Gasteiger partial charge in [-0.1, -0.05) is 11.6 Å². The Morgan fingerprint density at radius 3 is 2.75 bits per heavy atom. The molecule has 0 aliphatic rings. The number of nitrogens with one attached hydrogen (secondary N) is 2. The lowest BCUT2D eigenvalue weighted by Crippen LogP contribution is -2.11. The van der Waals surface area contributed by atoms with E-state index in [1.165, 1.54) is 24.4 Å². The first-order chi connectivity index (χ1) is 13.3. The average Bonchev–Trinajstić information content (AvgIpc) is 3.08. The molecule has 0 aliphatic heterocycles. The number of anilines is 5. The highest BCUT2D eigenvalue weighted by Crippen LogP contribution is 2.32. The minimum atomic E-state index is -3.03. The van der Waals surface area contributed by atoms with E-state index >= 15 is 0 Å². The molecule has 0 bridgehead atoms. The van der Waals surface area contributed by atoms with Crippen LogP contribution in [0.1, 0.15) is 9.67 Å². The van der Waals surface area contributed by atoms with Crippen molar-refractivity contribution in [1.82, 2.24) is 9.97 Å². The summed E-state index contributed by atoms with van der Waals surface area (Å²) in [5.74, 6) is -0.535. The first-order valence-electron chi connectivity index (χ1n) is 7.61. The normalized spacial score (nSPS) is 10.7. The van der Waals surface area contributed by atoms with E-state index in [0.29, 0.717) is 10.6 Å². The maximum absolute atomic E-state index is 12.6. The van der Waals surface area contributed by atoms with Gasteiger partial charge in [0.05, 0.1) is 17.6 Å². The number of hydrogen-bond acceptors (Lipinski definition) is 8. The van der Waals surface area contributed by atoms with Gasteiger partial charge in [0.15, 0.2) is 11.6 Å². The van der Waals surface area contributed by atoms with Crippen molar-refractivity contribution in [3.63, 3.8) is 0 Å². The highest BCUT2D eigenvalue weighted by atomic mass is 35.5. The Kier molecular flexibility index (Phi) is 5.76. The predicted molar refractivity (Wildman–Crippen MR) is 104 cm³/mol. The Morgan fingerprint density at radius 2 is 2.04 bits per heavy atom. The van der Waals surface area contributed by atoms with Crippen LogP contribution in [0.4, 0.5) is 37.6 Å². The number of halogens is 3. The quantitative estimate of drug-likeness (QED) is 0.421. The molecule has 2 aromatic heterocycles. The third-order valence-electron chi connectivity index (χ3n) is 3.35. The van der Waals surface area contributed by atoms with Crippen molar-refractivity contribution >= 4 is 57.7 Å². The number of amides is 1. The minimum Gasteiger partial charge on any atom is -0.433 e. The largest absolute Gasteiger partial charge is 0.433 e. The number of benzene rings is 1. The van der Waals surface area contributed by atoms with Crippen molar-refractivity contribution in [2.24, 2.45) is 5.73 Å². The van der Waals surface area contributed by atoms with Crippen molar-refractivity contribution in [3.8, 4) is 5.75 Å². The van der Waals surface area contributed by atoms with Crippen LogP contribution >= 0.6 is 22.9 Å². The first-order valence-corrected chi connectivity index (χ1v) is 8.87. The van der Waals surface area contributed by atoms with E-state index in [1.54, 1.807) is 11.4 Å². The number of nitrogens with two attached hydrogens (primary N) is 2. The number of carbonyl (C=O) groups excluding carboxylic acids is 1. The number of thiophene rings is 1. The van der Waals surface area contributed by atoms with Crippen LogP contribution in [0.2, 0.25) is 5.02 Å². The molecule has 1 aromatic carbocycles. The fraction of sp³-hybridized carbons (Fsp3) is 0.0625. The number of ether oxygens (including phenoxy) is 1. The molecule has 8 nitrogen and oxygen atoms in total. The second-order valence-corrected chi connectivity index (χ2v) is 6.63. The summed E-state index contributed by atoms with van der Waals surface area (Å²) in [6.07, 6.45) is 1.31. The van der Waals surface area contributed by atoms with Gasteiger partial charge in [-0.2, -0.15) is 13.8 Å². The van der Waals surface area contributed by atoms with Gasteiger partial charge in [0, 0.05) is 11.8 Å². The molecule has 146 valence electrons. The Hall–Kier alpha value is -3.18. The van der Waals surface area contributed by atoms with E-state index in [4.69, 9.17) is 23.1 Å². The van der Waals surface area contributed by atoms with Gasteiger partial charge in [-0.25, -0.2) is 4.98 Å². The van der Waals surface area contributed by atoms with E-state index in [1.807, 2.05) is 0 Å². The summed E-state index contributed by atoms with van der Waals surface area (Å²) >= 11 is 7.26. The highest BCUT2D eigenvalue weighted by molar-refractivity contribution is 7.12. The zero-order valence-electron chi connectivity index (χ0n) is 13.9. The van der Waals surface area contributed by atoms with Crippen molar-refractivity contribution in [2.45, 2.75) is 6.61 Å². The summed E-state index contributed by atoms with van der Waals surface area (Å²) in [5.41, 5.74) is 11.8. The summed E-state index contributed by atoms with van der Waals surface area (Å²) in [5, 5.41) is 7.52. The molecular formula is C16H13ClF2N6O2S. The Balaban J connectivity index is 1.88. The number of nitrogens with zero attached hydrogens (tertiary/aromatic N) is 2. The molecule has 12 heteroatoms. The lowest BCUT2D eigenvalue weighted by molar-refractivity contribution is -0.0493. The third kappa shape index (κ3) is 4.56. The number of nitrogen functional groups attached to an aromatic ring is 1. The summed E-state index contributed by atoms with van der Waals surface area (Å²) in [6, 6.07) is 5.83. The smallest absolute Gasteiger partial charge is 0.387 e. The summed E-state index contributed by atoms with van der Waals surface area (Å²) in [6.45, 7) is -3.03. The molecule has 3 aromatic rings. The van der Waals surface area contributed by atoms with E-state index < -0.39 is 12.5 Å². The molecule has 0 fully saturated rings. The summed E-state index contributed by atoms with van der Waals surface area (Å²) in [7, 11) is 0. The molecule has 0 unspecified atom stereocenters. The molecule has 1 amide bonds. The molecule has 0 radical (unpaired) electrons. The number of hydrogen-bond donors (Lipinski definition) is 4. The lowest BCUT2D eigenvalue weighted by atomic mass is 10.2. The molecule has 0 saturated heterocycles. The molecule has 3 rings (SSSR count). The van der Waals surface area contributed by atoms with E-state index in [0.717, 1.165) is 11.3 Å². The van der Waals surface area contributed by atoms with Crippen LogP contribution in [0.15, 0.2) is 35.8 Å². The van der Waals surface area contributed by atoms with Gasteiger partial charge in [-0.3, -0.25) is 4.79 Å². The zero-order chi connectivity index (χ0) is 20.3. The first kappa shape index (κ1) is 19.6. The molecule has 0 atom stereocenters. The monoisotopic (exact) mass is 426 g/mol. The van der Waals surface area contributed by atoms with Gasteiger partial charge in [-0.05, 0) is 23.6 Å². The Labute approximate surface area is 166 Å². The second-order valence-electron chi connectivity index (χ2n) is 5.30. The van der Waals surface area contributed by atoms with Gasteiger partial charge >= 0.3 is 6.61 Å². The predicted octanol–water partition coefficient (Wildman–Crippen LogP) is 3.96. The number of primary amides is 1. The Bertz CT molecular complexity index is 1020. The number of carbonyl (C=O) groups is 1. The van der Waals surface area contributed by atoms with Crippen molar-refractivity contribution in [2.75, 3.05) is 16.4 Å². The molecule has 0 aliphatic carbocycles. The second kappa shape index (κ2) is 8.23. The molecular weight excluding hydrogens is 414 g/mol. The fourth-order valence-electron chi connectivity index (χ4n) is 2.20. The third-order valence-corrected chi connectivity index (χ3v) is 4.56. The van der Waals surface area contributed by atoms with Gasteiger partial charge in [0.2, 0.25) is 5.95 Å². The molecule has 28 heavy (non-hydrogen) atoms. The standard InChI is InChI=1S/C16H13ClF2N6O2S/c17-8-6-22-16(24-9-2-1-7(20)5-11(9)27-15(18)19)25-14(8)23-10-3-4-28-12(10)13(21)26/h1-6,15H,20H2,(H2,21,26)(H2,22,23,24,25). The summed E-state index contributed by atoms with van der Waals surface area (Å²) in [4.78, 5) is 20.0. The van der Waals surface area contributed by atoms with Crippen LogP contribution in [0.3, 0.4) is 0 Å². The van der Waals surface area contributed by atoms with Crippen molar-refractivity contribution in [1.29, 1.82) is 0 Å². The molecule has 2 heterocycles. The molecule has 6 N–H and O–H groups in total. The number of aromatic nitrogens is 2. The highest BCUT2D eigenvalue weighted by Gasteiger charge is 2.15. The summed E-state index contributed by atoms with van der Waals surface area (Å²) < 4.78 is 29.7. The Morgan fingerprint density at radius 1 is 1.25 bits per heavy atom. The van der Waals surface area contributed by atoms with Gasteiger partial charge in [0.1, 0.15) is 9.90 Å². The van der Waals surface area contributed by atoms with Crippen LogP contribution < -0.4 is 26.8 Å². The minimum absolute atomic E-state index is 0.0478. The number of rotatable bonds is 7. The zero-order valence-corrected chi connectivity index (χ0v) is 15.5. The van der Waals surface area contributed by atoms with Crippen molar-refractivity contribution in [3.05, 3.63) is 45.7 Å². The van der Waals surface area contributed by atoms with Crippen LogP contribution in [0.5, 0.6) is 5.75 Å². The van der Waals surface area contributed by atoms with E-state index in [2.05, 4.69) is 25.3 Å². The average molecular weight is 427 g/mol. The van der Waals surface area contributed by atoms with E-state index in [-0.39, 0.29) is 33.9 Å². The van der Waals surface area contributed by atoms with E-state index in [9.17, 15) is 13.6 Å².